The number of carboxylic acid groups (broad SMARTS) is 2. The normalized spacial score (nSPS) is 12.1. The van der Waals surface area contributed by atoms with Crippen LogP contribution in [0.2, 0.25) is 0 Å². The summed E-state index contributed by atoms with van der Waals surface area (Å²) in [6.07, 6.45) is 13.3. The molecule has 2 aliphatic heterocycles. The molecule has 6 N–H and O–H groups in total. The van der Waals surface area contributed by atoms with Crippen molar-refractivity contribution in [3.63, 3.8) is 0 Å². The number of rotatable bonds is 15. The average molecular weight is 1530 g/mol. The van der Waals surface area contributed by atoms with Gasteiger partial charge in [-0.3, -0.25) is 38.4 Å². The Labute approximate surface area is 640 Å². The number of aryl methyl sites for hydroxylation is 3. The SMILES string of the molecule is C.C.C1CCOC1.CC(=O)Cc1ccsc1.CC(=O)OCC(=O)Cc1ccsc1.CCO.O=C(Cl)Cc1ccsc1.O=C(Cl)Cc1ccsc1.O=C(O)Cc1ccsc1.O=C(O)c1c(O)c(Cc2ccsc2)nc2c3c(ccc12)CCCC3.O=C1Nc2c(ccc3c2CCCC3)C1=O.[Na+].[OH-]. The maximum atomic E-state index is 11.8. The first-order valence-corrected chi connectivity index (χ1v) is 37.0. The van der Waals surface area contributed by atoms with Gasteiger partial charge in [-0.15, -0.1) is 0 Å². The summed E-state index contributed by atoms with van der Waals surface area (Å²) in [5.74, 6) is -3.23. The van der Waals surface area contributed by atoms with Crippen LogP contribution in [0.3, 0.4) is 0 Å². The Morgan fingerprint density at radius 3 is 1.41 bits per heavy atom. The van der Waals surface area contributed by atoms with Crippen molar-refractivity contribution in [2.24, 2.45) is 0 Å². The molecule has 0 bridgehead atoms. The van der Waals surface area contributed by atoms with Crippen LogP contribution < -0.4 is 34.9 Å². The number of aromatic hydroxyl groups is 1. The van der Waals surface area contributed by atoms with Crippen molar-refractivity contribution >= 4 is 159 Å². The number of nitrogens with zero attached hydrogens (tertiary/aromatic N) is 1. The van der Waals surface area contributed by atoms with Gasteiger partial charge in [-0.2, -0.15) is 68.0 Å². The number of aliphatic carboxylic acids is 1. The monoisotopic (exact) mass is 1530 g/mol. The molecule has 0 unspecified atom stereocenters. The van der Waals surface area contributed by atoms with Crippen molar-refractivity contribution in [2.75, 3.05) is 31.7 Å². The van der Waals surface area contributed by atoms with Crippen molar-refractivity contribution < 1.29 is 108 Å². The summed E-state index contributed by atoms with van der Waals surface area (Å²) in [6, 6.07) is 19.0. The number of aromatic nitrogens is 1. The number of aliphatic hydroxyl groups excluding tert-OH is 1. The first-order chi connectivity index (χ1) is 46.2. The standard InChI is InChI=1S/C19H17NO3S.C12H11NO2.C9H10O3S.C7H8OS.2C6H5ClOS.C6H6O2S.C4H8O.C2H6O.2CH4.Na.H2O/c21-18-15(9-11-7-8-24-10-11)20-17-13-4-2-1-3-12(13)5-6-14(17)16(18)19(22)23;14-11-9-6-5-7-3-1-2-4-8(7)10(9)13-12(11)15;1-7(10)12-5-9(11)4-8-2-3-13-6-8;1-6(8)4-7-2-3-9-5-7;3*7-6(8)3-5-1-2-9-4-5;1-2-4-5-3-1;1-2-3;;;;/h5-8,10,21H,1-4,9H2,(H,22,23);5-6H,1-4H2,(H,13,14,15);2-3,6H,4-5H2,1H3;2-3,5H,4H2,1H3;2*1-2,4H,3H2;1-2,4H,3H2,(H,7,8);1-4H2;3H,2H2,1H3;2*1H4;;1H2/q;;;;;;;;;;;+1;/p-1. The van der Waals surface area contributed by atoms with Crippen LogP contribution in [0.1, 0.15) is 156 Å². The third kappa shape index (κ3) is 33.6. The molecule has 9 heterocycles. The molecule has 2 aromatic carbocycles. The Bertz CT molecular complexity index is 3710. The van der Waals surface area contributed by atoms with E-state index in [2.05, 4.69) is 10.1 Å². The number of fused-ring (bicyclic) bond motifs is 6. The number of carbonyl (C=O) groups excluding carboxylic acids is 7. The number of anilines is 1. The third-order valence-electron chi connectivity index (χ3n) is 14.0. The van der Waals surface area contributed by atoms with Gasteiger partial charge in [0, 0.05) is 64.2 Å². The van der Waals surface area contributed by atoms with Crippen LogP contribution in [0.5, 0.6) is 5.75 Å². The zero-order valence-corrected chi connectivity index (χ0v) is 63.1. The zero-order chi connectivity index (χ0) is 69.8. The van der Waals surface area contributed by atoms with Crippen molar-refractivity contribution in [2.45, 2.75) is 138 Å². The number of nitrogens with one attached hydrogen (secondary N) is 1. The van der Waals surface area contributed by atoms with E-state index in [0.717, 1.165) is 108 Å². The molecule has 13 rings (SSSR count). The molecule has 27 heteroatoms. The molecule has 0 radical (unpaired) electrons. The molecule has 1 amide bonds. The number of hydrogen-bond donors (Lipinski definition) is 5. The molecule has 1 fully saturated rings. The Balaban J connectivity index is 0.000000587. The summed E-state index contributed by atoms with van der Waals surface area (Å²) in [6.45, 7) is 6.71. The van der Waals surface area contributed by atoms with Crippen LogP contribution >= 0.6 is 91.2 Å². The fourth-order valence-electron chi connectivity index (χ4n) is 9.70. The number of Topliss-reactive ketones (excluding diaryl/α,β-unsaturated/α-hetero) is 3. The smallest absolute Gasteiger partial charge is 0.870 e. The van der Waals surface area contributed by atoms with Crippen molar-refractivity contribution in [1.82, 2.24) is 4.98 Å². The topological polar surface area (TPSA) is 308 Å². The molecule has 100 heavy (non-hydrogen) atoms. The number of carbonyl (C=O) groups is 9. The van der Waals surface area contributed by atoms with E-state index >= 15 is 0 Å². The van der Waals surface area contributed by atoms with Gasteiger partial charge in [0.15, 0.2) is 11.5 Å². The van der Waals surface area contributed by atoms with Crippen molar-refractivity contribution in [3.05, 3.63) is 198 Å². The molecule has 0 saturated carbocycles. The van der Waals surface area contributed by atoms with Gasteiger partial charge < -0.3 is 40.7 Å². The van der Waals surface area contributed by atoms with Gasteiger partial charge in [0.05, 0.1) is 28.9 Å². The second-order valence-electron chi connectivity index (χ2n) is 21.6. The number of esters is 1. The van der Waals surface area contributed by atoms with Gasteiger partial charge in [0.1, 0.15) is 18.0 Å². The summed E-state index contributed by atoms with van der Waals surface area (Å²) >= 11 is 19.7. The van der Waals surface area contributed by atoms with E-state index in [1.807, 2.05) is 113 Å². The number of hydrogen-bond acceptors (Lipinski definition) is 21. The van der Waals surface area contributed by atoms with E-state index in [9.17, 15) is 53.4 Å². The molecule has 534 valence electrons. The number of pyridine rings is 1. The minimum Gasteiger partial charge on any atom is -0.870 e. The van der Waals surface area contributed by atoms with Crippen molar-refractivity contribution in [3.8, 4) is 5.75 Å². The number of amides is 1. The number of carboxylic acids is 2. The van der Waals surface area contributed by atoms with Gasteiger partial charge in [0.25, 0.3) is 11.7 Å². The predicted molar refractivity (Wildman–Crippen MR) is 400 cm³/mol. The molecule has 2 aliphatic carbocycles. The number of halogens is 2. The number of aromatic carboxylic acids is 1. The fourth-order valence-corrected chi connectivity index (χ4v) is 14.0. The Hall–Kier alpha value is -6.46. The summed E-state index contributed by atoms with van der Waals surface area (Å²) < 4.78 is 9.51. The van der Waals surface area contributed by atoms with Gasteiger partial charge in [-0.1, -0.05) is 33.1 Å². The van der Waals surface area contributed by atoms with Crippen LogP contribution in [0.15, 0.2) is 125 Å². The molecule has 7 aromatic heterocycles. The van der Waals surface area contributed by atoms with Crippen molar-refractivity contribution in [1.29, 1.82) is 0 Å². The minimum atomic E-state index is -1.11. The summed E-state index contributed by atoms with van der Waals surface area (Å²) in [5, 5.41) is 61.8. The minimum absolute atomic E-state index is 0. The van der Waals surface area contributed by atoms with E-state index < -0.39 is 29.6 Å². The second kappa shape index (κ2) is 50.8. The quantitative estimate of drug-likeness (QED) is 0.0276. The van der Waals surface area contributed by atoms with Crippen LogP contribution in [0, 0.1) is 0 Å². The first kappa shape index (κ1) is 91.6. The van der Waals surface area contributed by atoms with Gasteiger partial charge in [0.2, 0.25) is 10.5 Å². The summed E-state index contributed by atoms with van der Waals surface area (Å²) in [4.78, 5) is 102. The number of ether oxygens (including phenoxy) is 2. The third-order valence-corrected chi connectivity index (χ3v) is 18.6. The Kier molecular flexibility index (Phi) is 46.5. The number of ketones is 3. The molecular weight excluding hydrogens is 1450 g/mol. The Morgan fingerprint density at radius 2 is 1.00 bits per heavy atom. The largest absolute Gasteiger partial charge is 1.00 e. The Morgan fingerprint density at radius 1 is 0.580 bits per heavy atom. The predicted octanol–water partition coefficient (Wildman–Crippen LogP) is 13.6. The van der Waals surface area contributed by atoms with Crippen LogP contribution in [0.25, 0.3) is 10.9 Å². The summed E-state index contributed by atoms with van der Waals surface area (Å²) in [7, 11) is 0. The molecule has 4 aliphatic rings. The molecule has 1 saturated heterocycles. The van der Waals surface area contributed by atoms with E-state index in [1.54, 1.807) is 82.7 Å². The second-order valence-corrected chi connectivity index (χ2v) is 27.1. The fraction of sp³-hybridized carbons (Fsp3) is 0.342. The molecular formula is C73H85Cl2N2NaO16S6. The van der Waals surface area contributed by atoms with Gasteiger partial charge in [-0.25, -0.2) is 9.78 Å². The van der Waals surface area contributed by atoms with Crippen LogP contribution in [-0.2, 0) is 107 Å². The molecule has 0 spiro atoms. The van der Waals surface area contributed by atoms with E-state index in [-0.39, 0.29) is 103 Å². The number of benzene rings is 2. The summed E-state index contributed by atoms with van der Waals surface area (Å²) in [5.41, 5.74) is 13.4. The zero-order valence-electron chi connectivity index (χ0n) is 54.7. The molecule has 0 atom stereocenters. The van der Waals surface area contributed by atoms with E-state index in [1.165, 1.54) is 54.2 Å². The van der Waals surface area contributed by atoms with E-state index in [0.29, 0.717) is 48.7 Å². The molecule has 18 nitrogen and oxygen atoms in total. The maximum absolute atomic E-state index is 11.8. The average Bonchev–Trinajstić information content (AvgIpc) is 1.11. The maximum Gasteiger partial charge on any atom is 1.00 e. The van der Waals surface area contributed by atoms with Gasteiger partial charge in [-0.05, 0) is 264 Å². The van der Waals surface area contributed by atoms with Gasteiger partial charge >= 0.3 is 47.5 Å². The number of thiophene rings is 6. The van der Waals surface area contributed by atoms with Crippen LogP contribution in [-0.4, -0.2) is 109 Å². The van der Waals surface area contributed by atoms with Crippen LogP contribution in [0.4, 0.5) is 5.69 Å². The molecule has 9 aromatic rings. The number of aliphatic hydroxyl groups is 1. The first-order valence-electron chi connectivity index (χ1n) is 30.6. The van der Waals surface area contributed by atoms with E-state index in [4.69, 9.17) is 43.1 Å².